The van der Waals surface area contributed by atoms with Gasteiger partial charge in [0.25, 0.3) is 0 Å². The zero-order chi connectivity index (χ0) is 34.4. The van der Waals surface area contributed by atoms with Crippen LogP contribution < -0.4 is 14.2 Å². The fourth-order valence-corrected chi connectivity index (χ4v) is 6.24. The predicted molar refractivity (Wildman–Crippen MR) is 183 cm³/mol. The van der Waals surface area contributed by atoms with Gasteiger partial charge in [-0.15, -0.1) is 11.8 Å². The van der Waals surface area contributed by atoms with Crippen molar-refractivity contribution in [1.82, 2.24) is 14.5 Å². The summed E-state index contributed by atoms with van der Waals surface area (Å²) in [5.41, 5.74) is 5.41. The maximum absolute atomic E-state index is 13.8. The molecule has 1 aliphatic heterocycles. The van der Waals surface area contributed by atoms with Gasteiger partial charge in [-0.25, -0.2) is 4.98 Å². The Morgan fingerprint density at radius 3 is 2.31 bits per heavy atom. The minimum atomic E-state index is -4.61. The van der Waals surface area contributed by atoms with Crippen molar-refractivity contribution in [2.75, 3.05) is 13.0 Å². The van der Waals surface area contributed by atoms with E-state index in [0.717, 1.165) is 58.2 Å². The summed E-state index contributed by atoms with van der Waals surface area (Å²) in [6, 6.07) is 30.1. The number of rotatable bonds is 15. The van der Waals surface area contributed by atoms with Gasteiger partial charge in [0, 0.05) is 42.2 Å². The molecule has 2 heterocycles. The fraction of sp³-hybridized carbons (Fsp3) is 0.289. The molecule has 0 unspecified atom stereocenters. The summed E-state index contributed by atoms with van der Waals surface area (Å²) in [4.78, 5) is 8.58. The topological polar surface area (TPSA) is 48.8 Å². The van der Waals surface area contributed by atoms with Crippen LogP contribution in [0.5, 0.6) is 17.2 Å². The van der Waals surface area contributed by atoms with Gasteiger partial charge in [0.15, 0.2) is 11.5 Å². The molecule has 0 saturated carbocycles. The molecule has 0 amide bonds. The Balaban J connectivity index is 1.43. The lowest BCUT2D eigenvalue weighted by molar-refractivity contribution is -0.253. The van der Waals surface area contributed by atoms with Crippen LogP contribution in [0.3, 0.4) is 0 Å². The zero-order valence-corrected chi connectivity index (χ0v) is 28.1. The highest BCUT2D eigenvalue weighted by Gasteiger charge is 2.44. The van der Waals surface area contributed by atoms with Crippen molar-refractivity contribution in [2.45, 2.75) is 63.4 Å². The first-order valence-corrected chi connectivity index (χ1v) is 17.3. The Hall–Kier alpha value is -4.48. The van der Waals surface area contributed by atoms with Gasteiger partial charge in [0.2, 0.25) is 6.79 Å². The monoisotopic (exact) mass is 691 g/mol. The molecule has 6 nitrogen and oxygen atoms in total. The molecule has 256 valence electrons. The maximum atomic E-state index is 13.8. The summed E-state index contributed by atoms with van der Waals surface area (Å²) in [6.45, 7) is 4.25. The van der Waals surface area contributed by atoms with E-state index in [-0.39, 0.29) is 12.5 Å². The summed E-state index contributed by atoms with van der Waals surface area (Å²) >= 11 is 1.67. The molecule has 0 fully saturated rings. The smallest absolute Gasteiger partial charge is 0.454 e. The first-order chi connectivity index (χ1) is 23.7. The first-order valence-electron chi connectivity index (χ1n) is 16.1. The van der Waals surface area contributed by atoms with Gasteiger partial charge in [-0.05, 0) is 60.2 Å². The van der Waals surface area contributed by atoms with E-state index in [1.807, 2.05) is 42.7 Å². The highest BCUT2D eigenvalue weighted by Crippen LogP contribution is 2.36. The highest BCUT2D eigenvalue weighted by atomic mass is 32.2. The number of fused-ring (bicyclic) bond motifs is 1. The first kappa shape index (κ1) is 34.4. The number of nitrogens with zero attached hydrogens (tertiary/aromatic N) is 3. The van der Waals surface area contributed by atoms with E-state index >= 15 is 0 Å². The molecule has 0 radical (unpaired) electrons. The standard InChI is InChI=1S/C38H37F4N3O3S/c1-3-4-19-45-32(35(28-14-16-31(49-2)17-15-28)43-36(45)29-10-6-5-7-11-29)24-44(23-27-13-18-33-34(21-27)47-25-46-33)22-26-9-8-12-30(20-26)48-38(41,42)37(39)40/h5-18,20-21,37H,3-4,19,22-25H2,1-2H3. The predicted octanol–water partition coefficient (Wildman–Crippen LogP) is 9.91. The van der Waals surface area contributed by atoms with E-state index in [2.05, 4.69) is 57.5 Å². The van der Waals surface area contributed by atoms with Gasteiger partial charge in [-0.3, -0.25) is 4.90 Å². The zero-order valence-electron chi connectivity index (χ0n) is 27.3. The summed E-state index contributed by atoms with van der Waals surface area (Å²) in [6.07, 6.45) is -4.60. The maximum Gasteiger partial charge on any atom is 0.461 e. The Morgan fingerprint density at radius 1 is 0.857 bits per heavy atom. The molecule has 11 heteroatoms. The second-order valence-corrected chi connectivity index (χ2v) is 12.7. The van der Waals surface area contributed by atoms with Crippen LogP contribution in [-0.4, -0.2) is 40.0 Å². The lowest BCUT2D eigenvalue weighted by atomic mass is 10.1. The number of benzene rings is 4. The highest BCUT2D eigenvalue weighted by molar-refractivity contribution is 7.98. The number of alkyl halides is 4. The molecule has 0 aliphatic carbocycles. The number of ether oxygens (including phenoxy) is 3. The van der Waals surface area contributed by atoms with Gasteiger partial charge >= 0.3 is 12.5 Å². The van der Waals surface area contributed by atoms with Crippen LogP contribution in [0.1, 0.15) is 36.6 Å². The van der Waals surface area contributed by atoms with Crippen molar-refractivity contribution in [1.29, 1.82) is 0 Å². The second kappa shape index (κ2) is 15.4. The van der Waals surface area contributed by atoms with Crippen LogP contribution in [0.2, 0.25) is 0 Å². The van der Waals surface area contributed by atoms with E-state index in [0.29, 0.717) is 36.7 Å². The van der Waals surface area contributed by atoms with E-state index < -0.39 is 12.5 Å². The molecule has 0 N–H and O–H groups in total. The fourth-order valence-electron chi connectivity index (χ4n) is 5.84. The molecule has 0 bridgehead atoms. The Bertz CT molecular complexity index is 1850. The van der Waals surface area contributed by atoms with E-state index in [1.165, 1.54) is 18.2 Å². The van der Waals surface area contributed by atoms with Gasteiger partial charge in [0.1, 0.15) is 11.6 Å². The molecule has 49 heavy (non-hydrogen) atoms. The molecule has 6 rings (SSSR count). The molecule has 1 aromatic heterocycles. The molecule has 0 atom stereocenters. The number of aromatic nitrogens is 2. The summed E-state index contributed by atoms with van der Waals surface area (Å²) < 4.78 is 71.5. The summed E-state index contributed by atoms with van der Waals surface area (Å²) in [5, 5.41) is 0. The van der Waals surface area contributed by atoms with E-state index in [9.17, 15) is 17.6 Å². The summed E-state index contributed by atoms with van der Waals surface area (Å²) in [5.74, 6) is 1.85. The van der Waals surface area contributed by atoms with Crippen LogP contribution in [0, 0.1) is 0 Å². The number of halogens is 4. The minimum Gasteiger partial charge on any atom is -0.454 e. The third-order valence-corrected chi connectivity index (χ3v) is 8.98. The molecular formula is C38H37F4N3O3S. The van der Waals surface area contributed by atoms with E-state index in [1.54, 1.807) is 17.8 Å². The van der Waals surface area contributed by atoms with Crippen LogP contribution in [0.15, 0.2) is 102 Å². The van der Waals surface area contributed by atoms with Crippen molar-refractivity contribution in [3.05, 3.63) is 114 Å². The Kier molecular flexibility index (Phi) is 10.8. The van der Waals surface area contributed by atoms with Crippen molar-refractivity contribution in [3.8, 4) is 39.9 Å². The Labute approximate surface area is 287 Å². The number of hydrogen-bond donors (Lipinski definition) is 0. The second-order valence-electron chi connectivity index (χ2n) is 11.8. The quantitative estimate of drug-likeness (QED) is 0.0805. The molecule has 0 spiro atoms. The van der Waals surface area contributed by atoms with Crippen molar-refractivity contribution in [3.63, 3.8) is 0 Å². The number of imidazole rings is 1. The molecular weight excluding hydrogens is 654 g/mol. The number of hydrogen-bond acceptors (Lipinski definition) is 6. The summed E-state index contributed by atoms with van der Waals surface area (Å²) in [7, 11) is 0. The number of thioether (sulfide) groups is 1. The van der Waals surface area contributed by atoms with Crippen molar-refractivity contribution < 1.29 is 31.8 Å². The van der Waals surface area contributed by atoms with Crippen LogP contribution in [-0.2, 0) is 26.2 Å². The normalized spacial score (nSPS) is 12.7. The van der Waals surface area contributed by atoms with Gasteiger partial charge in [-0.2, -0.15) is 17.6 Å². The lowest BCUT2D eigenvalue weighted by Crippen LogP contribution is -2.33. The third kappa shape index (κ3) is 8.22. The van der Waals surface area contributed by atoms with Gasteiger partial charge in [-0.1, -0.05) is 74.0 Å². The van der Waals surface area contributed by atoms with Crippen LogP contribution in [0.25, 0.3) is 22.6 Å². The SMILES string of the molecule is CCCCn1c(-c2ccccc2)nc(-c2ccc(SC)cc2)c1CN(Cc1cccc(OC(F)(F)C(F)F)c1)Cc1ccc2c(c1)OCO2. The van der Waals surface area contributed by atoms with Gasteiger partial charge in [0.05, 0.1) is 11.4 Å². The largest absolute Gasteiger partial charge is 0.461 e. The minimum absolute atomic E-state index is 0.149. The molecule has 0 saturated heterocycles. The lowest BCUT2D eigenvalue weighted by Gasteiger charge is -2.25. The Morgan fingerprint density at radius 2 is 1.59 bits per heavy atom. The van der Waals surface area contributed by atoms with Gasteiger partial charge < -0.3 is 18.8 Å². The van der Waals surface area contributed by atoms with Crippen molar-refractivity contribution in [2.24, 2.45) is 0 Å². The molecule has 5 aromatic rings. The van der Waals surface area contributed by atoms with Crippen LogP contribution >= 0.6 is 11.8 Å². The molecule has 4 aromatic carbocycles. The van der Waals surface area contributed by atoms with Crippen molar-refractivity contribution >= 4 is 11.8 Å². The average Bonchev–Trinajstić information content (AvgIpc) is 3.72. The van der Waals surface area contributed by atoms with Crippen LogP contribution in [0.4, 0.5) is 17.6 Å². The third-order valence-electron chi connectivity index (χ3n) is 8.23. The average molecular weight is 692 g/mol. The molecule has 1 aliphatic rings. The van der Waals surface area contributed by atoms with E-state index in [4.69, 9.17) is 14.5 Å². The number of unbranched alkanes of at least 4 members (excludes halogenated alkanes) is 1.